The number of hydrogen-bond acceptors (Lipinski definition) is 6. The number of nitrogens with two attached hydrogens (primary N) is 2. The van der Waals surface area contributed by atoms with Crippen LogP contribution in [0, 0.1) is 5.92 Å². The van der Waals surface area contributed by atoms with Crippen LogP contribution in [-0.2, 0) is 10.3 Å². The summed E-state index contributed by atoms with van der Waals surface area (Å²) in [5, 5.41) is 1.17. The third kappa shape index (κ3) is 2.82. The quantitative estimate of drug-likeness (QED) is 0.493. The molecule has 1 fully saturated rings. The standard InChI is InChI=1S/C11H23N5O3S/c1-3-4-5-9-14-10(8-6-7-8)15(13)11(2,12)16(9)20(17,18)19/h8-9H,3-7,12-13H2,1-2H3,(H,17,18,19). The molecule has 0 radical (unpaired) electrons. The summed E-state index contributed by atoms with van der Waals surface area (Å²) in [5.74, 6) is 5.29. The van der Waals surface area contributed by atoms with Gasteiger partial charge in [0.25, 0.3) is 0 Å². The monoisotopic (exact) mass is 305 g/mol. The molecule has 0 saturated heterocycles. The van der Waals surface area contributed by atoms with Gasteiger partial charge in [-0.25, -0.2) is 5.84 Å². The molecule has 1 saturated carbocycles. The Bertz CT molecular complexity index is 500. The number of amidine groups is 1. The van der Waals surface area contributed by atoms with E-state index in [1.54, 1.807) is 0 Å². The minimum Gasteiger partial charge on any atom is -0.294 e. The highest BCUT2D eigenvalue weighted by Gasteiger charge is 2.51. The predicted molar refractivity (Wildman–Crippen MR) is 75.5 cm³/mol. The first-order valence-electron chi connectivity index (χ1n) is 6.88. The molecule has 2 rings (SSSR count). The largest absolute Gasteiger partial charge is 0.340 e. The maximum Gasteiger partial charge on any atom is 0.340 e. The number of unbranched alkanes of at least 4 members (excludes halogenated alkanes) is 1. The molecular formula is C11H23N5O3S. The van der Waals surface area contributed by atoms with Gasteiger partial charge < -0.3 is 0 Å². The van der Waals surface area contributed by atoms with Crippen LogP contribution in [0.25, 0.3) is 0 Å². The van der Waals surface area contributed by atoms with Crippen LogP contribution in [0.15, 0.2) is 4.99 Å². The maximum atomic E-state index is 11.7. The molecule has 0 aromatic rings. The van der Waals surface area contributed by atoms with Crippen molar-refractivity contribution in [2.24, 2.45) is 22.5 Å². The van der Waals surface area contributed by atoms with Crippen molar-refractivity contribution in [2.75, 3.05) is 0 Å². The van der Waals surface area contributed by atoms with Crippen molar-refractivity contribution in [1.29, 1.82) is 0 Å². The Balaban J connectivity index is 2.41. The van der Waals surface area contributed by atoms with Gasteiger partial charge in [0.1, 0.15) is 12.0 Å². The Morgan fingerprint density at radius 2 is 2.10 bits per heavy atom. The lowest BCUT2D eigenvalue weighted by Crippen LogP contribution is -2.74. The second-order valence-electron chi connectivity index (χ2n) is 5.62. The Kier molecular flexibility index (Phi) is 4.09. The first kappa shape index (κ1) is 15.6. The Labute approximate surface area is 119 Å². The van der Waals surface area contributed by atoms with Crippen molar-refractivity contribution in [1.82, 2.24) is 9.31 Å². The highest BCUT2D eigenvalue weighted by atomic mass is 32.2. The Morgan fingerprint density at radius 3 is 2.55 bits per heavy atom. The van der Waals surface area contributed by atoms with E-state index in [0.717, 1.165) is 30.0 Å². The molecule has 0 bridgehead atoms. The van der Waals surface area contributed by atoms with Crippen LogP contribution in [0.3, 0.4) is 0 Å². The normalized spacial score (nSPS) is 32.4. The van der Waals surface area contributed by atoms with Gasteiger partial charge in [-0.05, 0) is 26.2 Å². The van der Waals surface area contributed by atoms with Gasteiger partial charge in [-0.1, -0.05) is 19.8 Å². The number of nitrogens with zero attached hydrogens (tertiary/aromatic N) is 3. The number of hydrogen-bond donors (Lipinski definition) is 3. The number of hydrazine groups is 1. The smallest absolute Gasteiger partial charge is 0.294 e. The van der Waals surface area contributed by atoms with E-state index in [-0.39, 0.29) is 5.92 Å². The second kappa shape index (κ2) is 5.23. The van der Waals surface area contributed by atoms with E-state index in [9.17, 15) is 13.0 Å². The summed E-state index contributed by atoms with van der Waals surface area (Å²) in [5.41, 5.74) is 6.08. The van der Waals surface area contributed by atoms with E-state index >= 15 is 0 Å². The fourth-order valence-corrected chi connectivity index (χ4v) is 3.52. The van der Waals surface area contributed by atoms with Crippen LogP contribution < -0.4 is 11.6 Å². The summed E-state index contributed by atoms with van der Waals surface area (Å²) in [6.07, 6.45) is 3.46. The topological polar surface area (TPSA) is 125 Å². The SMILES string of the molecule is CCCCC1N=C(C2CC2)N(N)C(C)(N)N1S(=O)(=O)O. The summed E-state index contributed by atoms with van der Waals surface area (Å²) in [6, 6.07) is 0. The highest BCUT2D eigenvalue weighted by molar-refractivity contribution is 7.83. The summed E-state index contributed by atoms with van der Waals surface area (Å²) in [4.78, 5) is 4.43. The molecule has 116 valence electrons. The minimum absolute atomic E-state index is 0.246. The molecule has 1 aliphatic heterocycles. The summed E-state index contributed by atoms with van der Waals surface area (Å²) < 4.78 is 33.6. The lowest BCUT2D eigenvalue weighted by Gasteiger charge is -2.48. The molecule has 0 aromatic carbocycles. The number of rotatable bonds is 5. The average molecular weight is 305 g/mol. The van der Waals surface area contributed by atoms with Crippen molar-refractivity contribution < 1.29 is 13.0 Å². The molecule has 2 aliphatic rings. The van der Waals surface area contributed by atoms with Gasteiger partial charge in [-0.2, -0.15) is 8.42 Å². The van der Waals surface area contributed by atoms with E-state index < -0.39 is 22.3 Å². The first-order valence-corrected chi connectivity index (χ1v) is 8.27. The lowest BCUT2D eigenvalue weighted by molar-refractivity contribution is 0.0110. The molecule has 0 amide bonds. The Hall–Kier alpha value is -0.740. The third-order valence-electron chi connectivity index (χ3n) is 3.74. The van der Waals surface area contributed by atoms with Gasteiger partial charge in [0, 0.05) is 5.92 Å². The van der Waals surface area contributed by atoms with E-state index in [1.807, 2.05) is 6.92 Å². The lowest BCUT2D eigenvalue weighted by atomic mass is 10.1. The fraction of sp³-hybridized carbons (Fsp3) is 0.909. The highest BCUT2D eigenvalue weighted by Crippen LogP contribution is 2.37. The van der Waals surface area contributed by atoms with E-state index in [2.05, 4.69) is 4.99 Å². The van der Waals surface area contributed by atoms with Gasteiger partial charge >= 0.3 is 10.3 Å². The van der Waals surface area contributed by atoms with Crippen molar-refractivity contribution in [2.45, 2.75) is 57.9 Å². The van der Waals surface area contributed by atoms with Crippen LogP contribution in [0.1, 0.15) is 46.0 Å². The summed E-state index contributed by atoms with van der Waals surface area (Å²) >= 11 is 0. The molecule has 5 N–H and O–H groups in total. The van der Waals surface area contributed by atoms with Crippen molar-refractivity contribution in [3.8, 4) is 0 Å². The van der Waals surface area contributed by atoms with E-state index in [0.29, 0.717) is 12.3 Å². The van der Waals surface area contributed by atoms with Crippen molar-refractivity contribution in [3.63, 3.8) is 0 Å². The zero-order chi connectivity index (χ0) is 15.1. The maximum absolute atomic E-state index is 11.7. The zero-order valence-electron chi connectivity index (χ0n) is 11.9. The first-order chi connectivity index (χ1) is 9.19. The molecule has 2 unspecified atom stereocenters. The molecule has 1 aliphatic carbocycles. The molecule has 2 atom stereocenters. The second-order valence-corrected chi connectivity index (χ2v) is 6.91. The summed E-state index contributed by atoms with van der Waals surface area (Å²) in [7, 11) is -4.50. The van der Waals surface area contributed by atoms with Gasteiger partial charge in [-0.3, -0.25) is 20.3 Å². The van der Waals surface area contributed by atoms with Crippen LogP contribution in [0.2, 0.25) is 0 Å². The fourth-order valence-electron chi connectivity index (χ4n) is 2.51. The van der Waals surface area contributed by atoms with Gasteiger partial charge in [0.2, 0.25) is 0 Å². The van der Waals surface area contributed by atoms with Crippen LogP contribution in [0.4, 0.5) is 0 Å². The number of aliphatic imine (C=N–C) groups is 1. The Morgan fingerprint density at radius 1 is 1.50 bits per heavy atom. The van der Waals surface area contributed by atoms with Crippen LogP contribution in [0.5, 0.6) is 0 Å². The molecule has 0 spiro atoms. The molecule has 1 heterocycles. The molecular weight excluding hydrogens is 282 g/mol. The van der Waals surface area contributed by atoms with E-state index in [4.69, 9.17) is 11.6 Å². The van der Waals surface area contributed by atoms with Gasteiger partial charge in [0.15, 0.2) is 5.79 Å². The zero-order valence-corrected chi connectivity index (χ0v) is 12.7. The van der Waals surface area contributed by atoms with Gasteiger partial charge in [0.05, 0.1) is 0 Å². The van der Waals surface area contributed by atoms with Crippen LogP contribution in [-0.4, -0.2) is 40.1 Å². The molecule has 8 nitrogen and oxygen atoms in total. The molecule has 0 aromatic heterocycles. The predicted octanol–water partition coefficient (Wildman–Crippen LogP) is 0.238. The van der Waals surface area contributed by atoms with Crippen LogP contribution >= 0.6 is 0 Å². The molecule has 20 heavy (non-hydrogen) atoms. The third-order valence-corrected chi connectivity index (χ3v) is 4.85. The minimum atomic E-state index is -4.50. The van der Waals surface area contributed by atoms with Crippen molar-refractivity contribution in [3.05, 3.63) is 0 Å². The van der Waals surface area contributed by atoms with Crippen molar-refractivity contribution >= 4 is 16.1 Å². The van der Waals surface area contributed by atoms with E-state index in [1.165, 1.54) is 11.9 Å². The summed E-state index contributed by atoms with van der Waals surface area (Å²) in [6.45, 7) is 3.47. The molecule has 9 heteroatoms. The van der Waals surface area contributed by atoms with Gasteiger partial charge in [-0.15, -0.1) is 4.31 Å². The average Bonchev–Trinajstić information content (AvgIpc) is 3.12.